The van der Waals surface area contributed by atoms with Gasteiger partial charge in [0.1, 0.15) is 10.2 Å². The van der Waals surface area contributed by atoms with Gasteiger partial charge in [-0.05, 0) is 0 Å². The zero-order valence-corrected chi connectivity index (χ0v) is 14.4. The number of sulfonamides is 1. The summed E-state index contributed by atoms with van der Waals surface area (Å²) in [5, 5.41) is 2.42. The number of rotatable bonds is 4. The summed E-state index contributed by atoms with van der Waals surface area (Å²) >= 11 is 5.27. The maximum Gasteiger partial charge on any atom is 0.330 e. The summed E-state index contributed by atoms with van der Waals surface area (Å²) in [6.07, 6.45) is 2.40. The molecule has 0 saturated carbocycles. The molecule has 0 spiro atoms. The third-order valence-corrected chi connectivity index (χ3v) is 4.16. The van der Waals surface area contributed by atoms with E-state index < -0.39 is 16.1 Å². The average Bonchev–Trinajstić information content (AvgIpc) is 2.85. The SMILES string of the molecule is Cn1c(=S)c2c(ncn2CCNC(=O)NS(C)(=O)=O)n(C)c1=O. The number of nitrogens with zero attached hydrogens (tertiary/aromatic N) is 4. The fraction of sp³-hybridized carbons (Fsp3) is 0.455. The van der Waals surface area contributed by atoms with Crippen molar-refractivity contribution in [3.8, 4) is 0 Å². The van der Waals surface area contributed by atoms with Crippen molar-refractivity contribution in [1.29, 1.82) is 0 Å². The second kappa shape index (κ2) is 6.12. The second-order valence-electron chi connectivity index (χ2n) is 4.95. The van der Waals surface area contributed by atoms with Crippen LogP contribution in [0.15, 0.2) is 11.1 Å². The average molecular weight is 360 g/mol. The highest BCUT2D eigenvalue weighted by atomic mass is 32.2. The lowest BCUT2D eigenvalue weighted by molar-refractivity contribution is 0.245. The van der Waals surface area contributed by atoms with Crippen LogP contribution >= 0.6 is 12.2 Å². The van der Waals surface area contributed by atoms with Crippen molar-refractivity contribution in [2.45, 2.75) is 6.54 Å². The topological polar surface area (TPSA) is 120 Å². The zero-order valence-electron chi connectivity index (χ0n) is 12.7. The monoisotopic (exact) mass is 360 g/mol. The summed E-state index contributed by atoms with van der Waals surface area (Å²) in [6, 6.07) is -0.812. The molecular formula is C11H16N6O4S2. The summed E-state index contributed by atoms with van der Waals surface area (Å²) in [6.45, 7) is 0.476. The van der Waals surface area contributed by atoms with Gasteiger partial charge in [-0.3, -0.25) is 9.13 Å². The molecule has 0 saturated heterocycles. The smallest absolute Gasteiger partial charge is 0.330 e. The first-order chi connectivity index (χ1) is 10.6. The maximum atomic E-state index is 11.9. The van der Waals surface area contributed by atoms with E-state index in [1.165, 1.54) is 15.5 Å². The highest BCUT2D eigenvalue weighted by Gasteiger charge is 2.12. The van der Waals surface area contributed by atoms with Crippen LogP contribution in [0.2, 0.25) is 0 Å². The van der Waals surface area contributed by atoms with Gasteiger partial charge in [0.05, 0.1) is 12.6 Å². The molecule has 0 aliphatic carbocycles. The third kappa shape index (κ3) is 3.59. The Morgan fingerprint density at radius 1 is 1.35 bits per heavy atom. The number of hydrogen-bond donors (Lipinski definition) is 2. The van der Waals surface area contributed by atoms with E-state index in [2.05, 4.69) is 10.3 Å². The van der Waals surface area contributed by atoms with Crippen molar-refractivity contribution in [2.24, 2.45) is 14.1 Å². The Morgan fingerprint density at radius 2 is 2.00 bits per heavy atom. The van der Waals surface area contributed by atoms with Crippen LogP contribution in [-0.4, -0.2) is 45.9 Å². The lowest BCUT2D eigenvalue weighted by Crippen LogP contribution is -2.40. The molecule has 2 amide bonds. The standard InChI is InChI=1S/C11H16N6O4S2/c1-15-8-7(9(22)16(2)11(15)19)17(6-13-8)5-4-12-10(18)14-23(3,20)21/h6H,4-5H2,1-3H3,(H2,12,14,18). The summed E-state index contributed by atoms with van der Waals surface area (Å²) in [7, 11) is -0.444. The van der Waals surface area contributed by atoms with Crippen LogP contribution in [0, 0.1) is 4.64 Å². The van der Waals surface area contributed by atoms with Gasteiger partial charge in [-0.1, -0.05) is 12.2 Å². The lowest BCUT2D eigenvalue weighted by Gasteiger charge is -2.09. The van der Waals surface area contributed by atoms with Crippen molar-refractivity contribution in [3.63, 3.8) is 0 Å². The van der Waals surface area contributed by atoms with E-state index in [1.807, 2.05) is 0 Å². The van der Waals surface area contributed by atoms with Crippen LogP contribution in [0.3, 0.4) is 0 Å². The van der Waals surface area contributed by atoms with E-state index in [-0.39, 0.29) is 12.2 Å². The maximum absolute atomic E-state index is 11.9. The van der Waals surface area contributed by atoms with Crippen molar-refractivity contribution in [1.82, 2.24) is 28.7 Å². The first-order valence-corrected chi connectivity index (χ1v) is 8.78. The number of imidazole rings is 1. The van der Waals surface area contributed by atoms with Gasteiger partial charge in [-0.15, -0.1) is 0 Å². The van der Waals surface area contributed by atoms with Crippen LogP contribution in [0.5, 0.6) is 0 Å². The molecule has 0 atom stereocenters. The Bertz CT molecular complexity index is 984. The van der Waals surface area contributed by atoms with E-state index in [0.717, 1.165) is 6.26 Å². The number of fused-ring (bicyclic) bond motifs is 1. The van der Waals surface area contributed by atoms with Gasteiger partial charge in [0.15, 0.2) is 5.65 Å². The molecule has 2 rings (SSSR count). The number of carbonyl (C=O) groups excluding carboxylic acids is 1. The molecule has 23 heavy (non-hydrogen) atoms. The number of urea groups is 1. The first-order valence-electron chi connectivity index (χ1n) is 6.48. The Labute approximate surface area is 136 Å². The predicted molar refractivity (Wildman–Crippen MR) is 86.2 cm³/mol. The Balaban J connectivity index is 2.21. The molecule has 0 aromatic carbocycles. The number of hydrogen-bond acceptors (Lipinski definition) is 6. The minimum atomic E-state index is -3.60. The normalized spacial score (nSPS) is 11.6. The predicted octanol–water partition coefficient (Wildman–Crippen LogP) is -0.938. The summed E-state index contributed by atoms with van der Waals surface area (Å²) < 4.78 is 28.4. The molecule has 2 aromatic rings. The Morgan fingerprint density at radius 3 is 2.61 bits per heavy atom. The van der Waals surface area contributed by atoms with Crippen LogP contribution in [0.1, 0.15) is 0 Å². The quantitative estimate of drug-likeness (QED) is 0.679. The van der Waals surface area contributed by atoms with Crippen LogP contribution in [-0.2, 0) is 30.7 Å². The molecule has 12 heteroatoms. The van der Waals surface area contributed by atoms with Gasteiger partial charge in [0, 0.05) is 27.2 Å². The number of carbonyl (C=O) groups is 1. The van der Waals surface area contributed by atoms with Gasteiger partial charge in [0.2, 0.25) is 10.0 Å². The molecule has 0 bridgehead atoms. The number of aromatic nitrogens is 4. The summed E-state index contributed by atoms with van der Waals surface area (Å²) in [5.74, 6) is 0. The van der Waals surface area contributed by atoms with Crippen LogP contribution in [0.4, 0.5) is 4.79 Å². The van der Waals surface area contributed by atoms with Crippen molar-refractivity contribution in [2.75, 3.05) is 12.8 Å². The fourth-order valence-electron chi connectivity index (χ4n) is 2.06. The summed E-state index contributed by atoms with van der Waals surface area (Å²) in [4.78, 5) is 27.5. The van der Waals surface area contributed by atoms with Crippen molar-refractivity contribution >= 4 is 39.4 Å². The van der Waals surface area contributed by atoms with Gasteiger partial charge in [-0.2, -0.15) is 0 Å². The minimum Gasteiger partial charge on any atom is -0.336 e. The van der Waals surface area contributed by atoms with E-state index in [9.17, 15) is 18.0 Å². The van der Waals surface area contributed by atoms with Gasteiger partial charge < -0.3 is 9.88 Å². The Hall–Kier alpha value is -2.21. The molecular weight excluding hydrogens is 344 g/mol. The van der Waals surface area contributed by atoms with Crippen LogP contribution in [0.25, 0.3) is 11.2 Å². The van der Waals surface area contributed by atoms with E-state index in [1.54, 1.807) is 23.4 Å². The lowest BCUT2D eigenvalue weighted by atomic mass is 10.5. The molecule has 0 radical (unpaired) electrons. The molecule has 126 valence electrons. The largest absolute Gasteiger partial charge is 0.336 e. The first kappa shape index (κ1) is 17.1. The van der Waals surface area contributed by atoms with Crippen LogP contribution < -0.4 is 15.7 Å². The number of aryl methyl sites for hydroxylation is 1. The molecule has 0 aliphatic rings. The van der Waals surface area contributed by atoms with E-state index in [4.69, 9.17) is 12.2 Å². The minimum absolute atomic E-state index is 0.161. The highest BCUT2D eigenvalue weighted by Crippen LogP contribution is 2.11. The van der Waals surface area contributed by atoms with E-state index >= 15 is 0 Å². The van der Waals surface area contributed by atoms with Gasteiger partial charge >= 0.3 is 11.7 Å². The molecule has 10 nitrogen and oxygen atoms in total. The zero-order chi connectivity index (χ0) is 17.4. The third-order valence-electron chi connectivity index (χ3n) is 3.13. The van der Waals surface area contributed by atoms with Crippen molar-refractivity contribution in [3.05, 3.63) is 21.5 Å². The molecule has 2 heterocycles. The molecule has 2 aromatic heterocycles. The fourth-order valence-corrected chi connectivity index (χ4v) is 2.76. The summed E-state index contributed by atoms with van der Waals surface area (Å²) in [5.41, 5.74) is 0.756. The Kier molecular flexibility index (Phi) is 4.56. The molecule has 0 aliphatic heterocycles. The van der Waals surface area contributed by atoms with E-state index in [0.29, 0.717) is 22.3 Å². The molecule has 0 unspecified atom stereocenters. The van der Waals surface area contributed by atoms with Gasteiger partial charge in [-0.25, -0.2) is 27.7 Å². The van der Waals surface area contributed by atoms with Crippen molar-refractivity contribution < 1.29 is 13.2 Å². The highest BCUT2D eigenvalue weighted by molar-refractivity contribution is 7.89. The number of amides is 2. The number of nitrogens with one attached hydrogen (secondary N) is 2. The van der Waals surface area contributed by atoms with Gasteiger partial charge in [0.25, 0.3) is 0 Å². The molecule has 0 fully saturated rings. The second-order valence-corrected chi connectivity index (χ2v) is 7.08. The molecule has 2 N–H and O–H groups in total.